The number of benzene rings is 1. The Morgan fingerprint density at radius 1 is 1.31 bits per heavy atom. The Bertz CT molecular complexity index is 570. The van der Waals surface area contributed by atoms with Gasteiger partial charge in [-0.1, -0.05) is 26.8 Å². The van der Waals surface area contributed by atoms with Crippen LogP contribution < -0.4 is 15.4 Å². The zero-order valence-corrected chi connectivity index (χ0v) is 17.1. The zero-order chi connectivity index (χ0) is 19.7. The van der Waals surface area contributed by atoms with Crippen LogP contribution in [0.2, 0.25) is 0 Å². The summed E-state index contributed by atoms with van der Waals surface area (Å²) in [5.41, 5.74) is 1.73. The van der Waals surface area contributed by atoms with Crippen molar-refractivity contribution in [2.45, 2.75) is 40.2 Å². The highest BCUT2D eigenvalue weighted by molar-refractivity contribution is 5.69. The number of hydrogen-bond donors (Lipinski definition) is 3. The van der Waals surface area contributed by atoms with Crippen LogP contribution in [0.5, 0.6) is 11.5 Å². The van der Waals surface area contributed by atoms with E-state index < -0.39 is 0 Å². The number of rotatable bonds is 11. The number of phenolic OH excluding ortho intramolecular Hbond substituents is 1. The van der Waals surface area contributed by atoms with Gasteiger partial charge in [0, 0.05) is 26.2 Å². The summed E-state index contributed by atoms with van der Waals surface area (Å²) in [6.07, 6.45) is 1.46. The molecule has 1 aromatic rings. The number of likely N-dealkylation sites (N-methyl/N-ethyl adjacent to an activating group) is 1. The van der Waals surface area contributed by atoms with Gasteiger partial charge in [-0.3, -0.25) is 4.79 Å². The minimum absolute atomic E-state index is 0.0337. The number of carbonyl (C=O) groups excluding carboxylic acids is 1. The summed E-state index contributed by atoms with van der Waals surface area (Å²) in [5.74, 6) is 0.655. The Morgan fingerprint density at radius 2 is 2.00 bits per heavy atom. The van der Waals surface area contributed by atoms with Crippen LogP contribution in [0.1, 0.15) is 33.3 Å². The predicted molar refractivity (Wildman–Crippen MR) is 107 cm³/mol. The van der Waals surface area contributed by atoms with Gasteiger partial charge in [-0.2, -0.15) is 0 Å². The second kappa shape index (κ2) is 10.4. The summed E-state index contributed by atoms with van der Waals surface area (Å²) in [6, 6.07) is 3.99. The average Bonchev–Trinajstić information content (AvgIpc) is 2.59. The molecule has 0 fully saturated rings. The van der Waals surface area contributed by atoms with E-state index >= 15 is 0 Å². The lowest BCUT2D eigenvalue weighted by molar-refractivity contribution is -0.109. The third kappa shape index (κ3) is 6.50. The van der Waals surface area contributed by atoms with Gasteiger partial charge in [0.15, 0.2) is 6.29 Å². The van der Waals surface area contributed by atoms with Crippen LogP contribution >= 0.6 is 0 Å². The molecule has 0 saturated heterocycles. The van der Waals surface area contributed by atoms with Crippen LogP contribution in [0.3, 0.4) is 0 Å². The van der Waals surface area contributed by atoms with Gasteiger partial charge >= 0.3 is 0 Å². The summed E-state index contributed by atoms with van der Waals surface area (Å²) < 4.78 is 5.53. The Morgan fingerprint density at radius 3 is 2.58 bits per heavy atom. The summed E-state index contributed by atoms with van der Waals surface area (Å²) in [5, 5.41) is 16.3. The third-order valence-corrected chi connectivity index (χ3v) is 4.89. The lowest BCUT2D eigenvalue weighted by Gasteiger charge is -2.35. The quantitative estimate of drug-likeness (QED) is 0.318. The Balaban J connectivity index is 2.56. The Labute approximate surface area is 157 Å². The van der Waals surface area contributed by atoms with E-state index in [2.05, 4.69) is 50.3 Å². The van der Waals surface area contributed by atoms with E-state index in [1.165, 1.54) is 0 Å². The maximum absolute atomic E-state index is 10.6. The highest BCUT2D eigenvalue weighted by atomic mass is 16.5. The van der Waals surface area contributed by atoms with Gasteiger partial charge in [0.1, 0.15) is 23.8 Å². The first-order valence-corrected chi connectivity index (χ1v) is 9.22. The topological polar surface area (TPSA) is 73.8 Å². The molecule has 1 aromatic carbocycles. The van der Waals surface area contributed by atoms with E-state index in [-0.39, 0.29) is 17.8 Å². The van der Waals surface area contributed by atoms with E-state index in [0.717, 1.165) is 31.6 Å². The first kappa shape index (κ1) is 22.3. The molecule has 1 rings (SSSR count). The van der Waals surface area contributed by atoms with Crippen molar-refractivity contribution >= 4 is 12.0 Å². The van der Waals surface area contributed by atoms with Crippen LogP contribution in [0.4, 0.5) is 5.69 Å². The second-order valence-corrected chi connectivity index (χ2v) is 7.70. The van der Waals surface area contributed by atoms with E-state index in [0.29, 0.717) is 23.8 Å². The molecule has 0 spiro atoms. The number of aldehydes is 1. The number of phenols is 1. The van der Waals surface area contributed by atoms with Crippen molar-refractivity contribution < 1.29 is 14.6 Å². The maximum Gasteiger partial charge on any atom is 0.157 e. The third-order valence-electron chi connectivity index (χ3n) is 4.89. The fourth-order valence-corrected chi connectivity index (χ4v) is 2.79. The van der Waals surface area contributed by atoms with Crippen molar-refractivity contribution in [3.05, 3.63) is 17.7 Å². The molecule has 1 unspecified atom stereocenters. The van der Waals surface area contributed by atoms with Gasteiger partial charge in [-0.25, -0.2) is 0 Å². The summed E-state index contributed by atoms with van der Waals surface area (Å²) in [4.78, 5) is 13.0. The highest BCUT2D eigenvalue weighted by Gasteiger charge is 2.23. The molecular weight excluding hydrogens is 330 g/mol. The van der Waals surface area contributed by atoms with Crippen molar-refractivity contribution in [1.82, 2.24) is 10.2 Å². The molecule has 0 amide bonds. The molecule has 6 nitrogen and oxygen atoms in total. The number of nitrogens with zero attached hydrogens (tertiary/aromatic N) is 1. The van der Waals surface area contributed by atoms with Crippen LogP contribution in [-0.2, 0) is 11.2 Å². The number of carbonyl (C=O) groups is 1. The molecule has 3 N–H and O–H groups in total. The minimum Gasteiger partial charge on any atom is -0.506 e. The van der Waals surface area contributed by atoms with Crippen LogP contribution in [0.15, 0.2) is 12.1 Å². The number of nitrogens with one attached hydrogen (secondary N) is 2. The smallest absolute Gasteiger partial charge is 0.157 e. The Kier molecular flexibility index (Phi) is 8.88. The maximum atomic E-state index is 10.6. The molecule has 1 atom stereocenters. The normalized spacial score (nSPS) is 12.9. The van der Waals surface area contributed by atoms with Gasteiger partial charge in [0.25, 0.3) is 0 Å². The molecule has 0 aliphatic heterocycles. The molecule has 0 aromatic heterocycles. The van der Waals surface area contributed by atoms with Crippen LogP contribution in [-0.4, -0.2) is 62.7 Å². The van der Waals surface area contributed by atoms with Crippen molar-refractivity contribution in [2.75, 3.05) is 45.7 Å². The number of anilines is 1. The molecule has 0 bridgehead atoms. The number of aromatic hydroxyl groups is 1. The molecular formula is C20H35N3O3. The average molecular weight is 366 g/mol. The standard InChI is InChI=1S/C20H35N3O3/c1-15(20(2,3)4)23(6)12-11-22-10-9-16-7-8-17(25)18(21-5)19(16)26-14-13-24/h7-8,13,15,21-22,25H,9-12,14H2,1-6H3. The molecule has 148 valence electrons. The molecule has 0 saturated carbocycles. The molecule has 0 aliphatic carbocycles. The lowest BCUT2D eigenvalue weighted by Crippen LogP contribution is -2.42. The molecule has 6 heteroatoms. The van der Waals surface area contributed by atoms with E-state index in [4.69, 9.17) is 4.74 Å². The van der Waals surface area contributed by atoms with E-state index in [1.807, 2.05) is 6.07 Å². The molecule has 0 heterocycles. The van der Waals surface area contributed by atoms with Crippen LogP contribution in [0.25, 0.3) is 0 Å². The molecule has 26 heavy (non-hydrogen) atoms. The van der Waals surface area contributed by atoms with Gasteiger partial charge < -0.3 is 25.4 Å². The molecule has 0 radical (unpaired) electrons. The second-order valence-electron chi connectivity index (χ2n) is 7.70. The molecule has 0 aliphatic rings. The first-order valence-electron chi connectivity index (χ1n) is 9.22. The number of ether oxygens (including phenoxy) is 1. The fraction of sp³-hybridized carbons (Fsp3) is 0.650. The van der Waals surface area contributed by atoms with Crippen molar-refractivity contribution in [3.8, 4) is 11.5 Å². The van der Waals surface area contributed by atoms with Gasteiger partial charge in [0.05, 0.1) is 0 Å². The first-order chi connectivity index (χ1) is 12.2. The monoisotopic (exact) mass is 365 g/mol. The van der Waals surface area contributed by atoms with Crippen molar-refractivity contribution in [2.24, 2.45) is 5.41 Å². The largest absolute Gasteiger partial charge is 0.506 e. The van der Waals surface area contributed by atoms with Gasteiger partial charge in [-0.15, -0.1) is 0 Å². The highest BCUT2D eigenvalue weighted by Crippen LogP contribution is 2.36. The van der Waals surface area contributed by atoms with Gasteiger partial charge in [0.2, 0.25) is 0 Å². The number of hydrogen-bond acceptors (Lipinski definition) is 6. The SMILES string of the molecule is CNc1c(O)ccc(CCNCCN(C)C(C)C(C)(C)C)c1OCC=O. The van der Waals surface area contributed by atoms with E-state index in [1.54, 1.807) is 13.1 Å². The van der Waals surface area contributed by atoms with Gasteiger partial charge in [-0.05, 0) is 44.0 Å². The summed E-state index contributed by atoms with van der Waals surface area (Å²) in [7, 11) is 3.87. The summed E-state index contributed by atoms with van der Waals surface area (Å²) >= 11 is 0. The fourth-order valence-electron chi connectivity index (χ4n) is 2.79. The van der Waals surface area contributed by atoms with E-state index in [9.17, 15) is 9.90 Å². The zero-order valence-electron chi connectivity index (χ0n) is 17.1. The van der Waals surface area contributed by atoms with Crippen LogP contribution in [0, 0.1) is 5.41 Å². The minimum atomic E-state index is -0.0337. The predicted octanol–water partition coefficient (Wildman–Crippen LogP) is 2.51. The van der Waals surface area contributed by atoms with Crippen molar-refractivity contribution in [1.29, 1.82) is 0 Å². The lowest BCUT2D eigenvalue weighted by atomic mass is 9.87. The Hall–Kier alpha value is -1.79. The summed E-state index contributed by atoms with van der Waals surface area (Å²) in [6.45, 7) is 11.7. The van der Waals surface area contributed by atoms with Crippen molar-refractivity contribution in [3.63, 3.8) is 0 Å².